The molecule has 0 spiro atoms. The monoisotopic (exact) mass is 160 g/mol. The standard InChI is InChI=1S/C10H12N2/c1-2-9(8-11)7-10-5-3-4-6-12-10/h3-6,9H,2,7H2,1H3. The van der Waals surface area contributed by atoms with Crippen LogP contribution in [0.25, 0.3) is 0 Å². The SMILES string of the molecule is CCC(C#N)Cc1ccccn1. The van der Waals surface area contributed by atoms with Gasteiger partial charge >= 0.3 is 0 Å². The lowest BCUT2D eigenvalue weighted by atomic mass is 10.0. The molecule has 0 saturated heterocycles. The van der Waals surface area contributed by atoms with Crippen LogP contribution in [0.4, 0.5) is 0 Å². The molecule has 2 nitrogen and oxygen atoms in total. The summed E-state index contributed by atoms with van der Waals surface area (Å²) in [5, 5.41) is 8.71. The van der Waals surface area contributed by atoms with Gasteiger partial charge in [0.1, 0.15) is 0 Å². The maximum atomic E-state index is 8.71. The Labute approximate surface area is 72.9 Å². The highest BCUT2D eigenvalue weighted by Crippen LogP contribution is 2.08. The summed E-state index contributed by atoms with van der Waals surface area (Å²) in [5.74, 6) is 0.111. The van der Waals surface area contributed by atoms with Crippen LogP contribution in [-0.4, -0.2) is 4.98 Å². The molecule has 1 unspecified atom stereocenters. The molecular weight excluding hydrogens is 148 g/mol. The molecule has 0 aliphatic rings. The zero-order valence-corrected chi connectivity index (χ0v) is 7.20. The molecule has 0 fully saturated rings. The van der Waals surface area contributed by atoms with Gasteiger partial charge in [-0.3, -0.25) is 4.98 Å². The molecule has 0 amide bonds. The van der Waals surface area contributed by atoms with E-state index in [1.165, 1.54) is 0 Å². The second kappa shape index (κ2) is 4.50. The second-order valence-electron chi connectivity index (χ2n) is 2.76. The third-order valence-electron chi connectivity index (χ3n) is 1.86. The lowest BCUT2D eigenvalue weighted by Gasteiger charge is -2.03. The van der Waals surface area contributed by atoms with Crippen LogP contribution >= 0.6 is 0 Å². The first-order chi connectivity index (χ1) is 5.86. The number of hydrogen-bond donors (Lipinski definition) is 0. The number of rotatable bonds is 3. The topological polar surface area (TPSA) is 36.7 Å². The highest BCUT2D eigenvalue weighted by Gasteiger charge is 2.05. The highest BCUT2D eigenvalue weighted by atomic mass is 14.7. The van der Waals surface area contributed by atoms with Crippen molar-refractivity contribution >= 4 is 0 Å². The van der Waals surface area contributed by atoms with Gasteiger partial charge in [-0.05, 0) is 18.6 Å². The smallest absolute Gasteiger partial charge is 0.0659 e. The number of pyridine rings is 1. The molecule has 0 bridgehead atoms. The first-order valence-electron chi connectivity index (χ1n) is 4.16. The Morgan fingerprint density at radius 3 is 2.92 bits per heavy atom. The van der Waals surface area contributed by atoms with E-state index in [1.54, 1.807) is 6.20 Å². The van der Waals surface area contributed by atoms with Crippen molar-refractivity contribution in [2.45, 2.75) is 19.8 Å². The molecule has 0 radical (unpaired) electrons. The summed E-state index contributed by atoms with van der Waals surface area (Å²) >= 11 is 0. The third-order valence-corrected chi connectivity index (χ3v) is 1.86. The van der Waals surface area contributed by atoms with E-state index in [4.69, 9.17) is 5.26 Å². The quantitative estimate of drug-likeness (QED) is 0.679. The summed E-state index contributed by atoms with van der Waals surface area (Å²) in [7, 11) is 0. The molecule has 1 heterocycles. The van der Waals surface area contributed by atoms with Gasteiger partial charge in [0, 0.05) is 18.3 Å². The van der Waals surface area contributed by atoms with Crippen LogP contribution in [0.2, 0.25) is 0 Å². The van der Waals surface area contributed by atoms with Crippen LogP contribution < -0.4 is 0 Å². The minimum Gasteiger partial charge on any atom is -0.261 e. The van der Waals surface area contributed by atoms with Gasteiger partial charge in [0.2, 0.25) is 0 Å². The van der Waals surface area contributed by atoms with E-state index in [1.807, 2.05) is 25.1 Å². The van der Waals surface area contributed by atoms with Crippen LogP contribution in [-0.2, 0) is 6.42 Å². The summed E-state index contributed by atoms with van der Waals surface area (Å²) in [6.45, 7) is 2.02. The van der Waals surface area contributed by atoms with Crippen molar-refractivity contribution in [3.05, 3.63) is 30.1 Å². The van der Waals surface area contributed by atoms with Gasteiger partial charge in [0.05, 0.1) is 12.0 Å². The Kier molecular flexibility index (Phi) is 3.28. The fourth-order valence-electron chi connectivity index (χ4n) is 1.05. The van der Waals surface area contributed by atoms with E-state index in [0.717, 1.165) is 18.5 Å². The van der Waals surface area contributed by atoms with Gasteiger partial charge in [-0.25, -0.2) is 0 Å². The number of nitriles is 1. The van der Waals surface area contributed by atoms with E-state index in [-0.39, 0.29) is 5.92 Å². The number of hydrogen-bond acceptors (Lipinski definition) is 2. The van der Waals surface area contributed by atoms with Gasteiger partial charge in [0.25, 0.3) is 0 Å². The van der Waals surface area contributed by atoms with Crippen molar-refractivity contribution in [3.8, 4) is 6.07 Å². The molecule has 0 saturated carbocycles. The lowest BCUT2D eigenvalue weighted by molar-refractivity contribution is 0.628. The predicted octanol–water partition coefficient (Wildman–Crippen LogP) is 2.17. The second-order valence-corrected chi connectivity index (χ2v) is 2.76. The van der Waals surface area contributed by atoms with E-state index >= 15 is 0 Å². The van der Waals surface area contributed by atoms with E-state index in [9.17, 15) is 0 Å². The molecule has 0 aliphatic heterocycles. The summed E-state index contributed by atoms with van der Waals surface area (Å²) < 4.78 is 0. The normalized spacial score (nSPS) is 12.0. The Morgan fingerprint density at radius 2 is 2.42 bits per heavy atom. The Morgan fingerprint density at radius 1 is 1.58 bits per heavy atom. The van der Waals surface area contributed by atoms with Crippen LogP contribution in [0.15, 0.2) is 24.4 Å². The van der Waals surface area contributed by atoms with Crippen molar-refractivity contribution < 1.29 is 0 Å². The summed E-state index contributed by atoms with van der Waals surface area (Å²) in [6.07, 6.45) is 3.43. The van der Waals surface area contributed by atoms with E-state index < -0.39 is 0 Å². The molecule has 12 heavy (non-hydrogen) atoms. The number of aromatic nitrogens is 1. The maximum Gasteiger partial charge on any atom is 0.0659 e. The minimum absolute atomic E-state index is 0.111. The third kappa shape index (κ3) is 2.35. The average molecular weight is 160 g/mol. The molecule has 1 rings (SSSR count). The van der Waals surface area contributed by atoms with Crippen molar-refractivity contribution in [2.75, 3.05) is 0 Å². The molecule has 1 aromatic rings. The summed E-state index contributed by atoms with van der Waals surface area (Å²) in [5.41, 5.74) is 1.01. The Balaban J connectivity index is 2.58. The fraction of sp³-hybridized carbons (Fsp3) is 0.400. The van der Waals surface area contributed by atoms with Gasteiger partial charge in [0.15, 0.2) is 0 Å². The Hall–Kier alpha value is -1.36. The summed E-state index contributed by atoms with van der Waals surface area (Å²) in [6, 6.07) is 8.06. The molecule has 0 aromatic carbocycles. The predicted molar refractivity (Wildman–Crippen MR) is 47.3 cm³/mol. The van der Waals surface area contributed by atoms with Gasteiger partial charge < -0.3 is 0 Å². The summed E-state index contributed by atoms with van der Waals surface area (Å²) in [4.78, 5) is 4.16. The molecule has 0 N–H and O–H groups in total. The van der Waals surface area contributed by atoms with Crippen molar-refractivity contribution in [1.29, 1.82) is 5.26 Å². The molecular formula is C10H12N2. The van der Waals surface area contributed by atoms with E-state index in [2.05, 4.69) is 11.1 Å². The lowest BCUT2D eigenvalue weighted by Crippen LogP contribution is -2.01. The highest BCUT2D eigenvalue weighted by molar-refractivity contribution is 5.06. The van der Waals surface area contributed by atoms with Gasteiger partial charge in [-0.1, -0.05) is 13.0 Å². The molecule has 62 valence electrons. The van der Waals surface area contributed by atoms with E-state index in [0.29, 0.717) is 0 Å². The minimum atomic E-state index is 0.111. The largest absolute Gasteiger partial charge is 0.261 e. The molecule has 1 atom stereocenters. The Bertz CT molecular complexity index is 261. The van der Waals surface area contributed by atoms with Gasteiger partial charge in [-0.15, -0.1) is 0 Å². The van der Waals surface area contributed by atoms with Crippen LogP contribution in [0, 0.1) is 17.2 Å². The van der Waals surface area contributed by atoms with Crippen LogP contribution in [0.3, 0.4) is 0 Å². The number of nitrogens with zero attached hydrogens (tertiary/aromatic N) is 2. The maximum absolute atomic E-state index is 8.71. The molecule has 2 heteroatoms. The molecule has 0 aliphatic carbocycles. The zero-order valence-electron chi connectivity index (χ0n) is 7.20. The van der Waals surface area contributed by atoms with Gasteiger partial charge in [-0.2, -0.15) is 5.26 Å². The van der Waals surface area contributed by atoms with Crippen molar-refractivity contribution in [2.24, 2.45) is 5.92 Å². The first-order valence-corrected chi connectivity index (χ1v) is 4.16. The average Bonchev–Trinajstić information content (AvgIpc) is 2.16. The molecule has 1 aromatic heterocycles. The van der Waals surface area contributed by atoms with Crippen LogP contribution in [0.5, 0.6) is 0 Å². The van der Waals surface area contributed by atoms with Crippen molar-refractivity contribution in [3.63, 3.8) is 0 Å². The van der Waals surface area contributed by atoms with Crippen LogP contribution in [0.1, 0.15) is 19.0 Å². The fourth-order valence-corrected chi connectivity index (χ4v) is 1.05. The first kappa shape index (κ1) is 8.73. The van der Waals surface area contributed by atoms with Crippen molar-refractivity contribution in [1.82, 2.24) is 4.98 Å². The zero-order chi connectivity index (χ0) is 8.81.